The lowest BCUT2D eigenvalue weighted by molar-refractivity contribution is -0.128. The van der Waals surface area contributed by atoms with Crippen molar-refractivity contribution in [2.24, 2.45) is 17.6 Å². The Morgan fingerprint density at radius 3 is 2.67 bits per heavy atom. The largest absolute Gasteiger partial charge is 0.342 e. The highest BCUT2D eigenvalue weighted by atomic mass is 16.2. The molecule has 0 bridgehead atoms. The zero-order chi connectivity index (χ0) is 9.14. The van der Waals surface area contributed by atoms with Gasteiger partial charge in [-0.2, -0.15) is 0 Å². The zero-order valence-corrected chi connectivity index (χ0v) is 7.92. The molecule has 1 fully saturated rings. The van der Waals surface area contributed by atoms with Crippen molar-refractivity contribution in [1.82, 2.24) is 4.90 Å². The van der Waals surface area contributed by atoms with Crippen molar-refractivity contribution in [2.75, 3.05) is 19.6 Å². The van der Waals surface area contributed by atoms with E-state index in [1.165, 1.54) is 0 Å². The highest BCUT2D eigenvalue weighted by Crippen LogP contribution is 2.24. The van der Waals surface area contributed by atoms with E-state index in [9.17, 15) is 4.79 Å². The number of carbonyl (C=O) groups excluding carboxylic acids is 1. The molecular weight excluding hydrogens is 152 g/mol. The van der Waals surface area contributed by atoms with E-state index in [1.807, 2.05) is 4.90 Å². The lowest BCUT2D eigenvalue weighted by Gasteiger charge is -2.13. The maximum absolute atomic E-state index is 11.0. The average molecular weight is 170 g/mol. The van der Waals surface area contributed by atoms with Gasteiger partial charge in [0.15, 0.2) is 0 Å². The van der Waals surface area contributed by atoms with E-state index >= 15 is 0 Å². The van der Waals surface area contributed by atoms with Gasteiger partial charge in [-0.1, -0.05) is 6.92 Å². The molecule has 2 atom stereocenters. The summed E-state index contributed by atoms with van der Waals surface area (Å²) in [7, 11) is 0. The number of nitrogens with zero attached hydrogens (tertiary/aromatic N) is 1. The Labute approximate surface area is 73.9 Å². The predicted octanol–water partition coefficient (Wildman–Crippen LogP) is 0.450. The van der Waals surface area contributed by atoms with Crippen LogP contribution in [0.2, 0.25) is 0 Å². The normalized spacial score (nSPS) is 29.4. The maximum Gasteiger partial charge on any atom is 0.219 e. The number of hydrogen-bond acceptors (Lipinski definition) is 2. The number of nitrogens with two attached hydrogens (primary N) is 1. The minimum absolute atomic E-state index is 0.196. The Kier molecular flexibility index (Phi) is 3.09. The molecule has 0 unspecified atom stereocenters. The minimum atomic E-state index is 0.196. The monoisotopic (exact) mass is 170 g/mol. The molecule has 70 valence electrons. The first-order valence-corrected chi connectivity index (χ1v) is 4.60. The summed E-state index contributed by atoms with van der Waals surface area (Å²) in [5.74, 6) is 1.44. The summed E-state index contributed by atoms with van der Waals surface area (Å²) in [5.41, 5.74) is 5.49. The first kappa shape index (κ1) is 9.52. The molecule has 1 heterocycles. The summed E-state index contributed by atoms with van der Waals surface area (Å²) in [5, 5.41) is 0. The SMILES string of the molecule is CC(=O)N1C[C@@H](CCN)[C@H](C)C1. The number of hydrogen-bond donors (Lipinski definition) is 1. The van der Waals surface area contributed by atoms with Gasteiger partial charge < -0.3 is 10.6 Å². The predicted molar refractivity (Wildman–Crippen MR) is 48.6 cm³/mol. The Morgan fingerprint density at radius 1 is 1.58 bits per heavy atom. The van der Waals surface area contributed by atoms with Gasteiger partial charge in [0.25, 0.3) is 0 Å². The molecule has 0 aromatic carbocycles. The van der Waals surface area contributed by atoms with Gasteiger partial charge in [0.05, 0.1) is 0 Å². The second-order valence-electron chi connectivity index (χ2n) is 3.74. The third-order valence-corrected chi connectivity index (χ3v) is 2.75. The topological polar surface area (TPSA) is 46.3 Å². The van der Waals surface area contributed by atoms with E-state index in [1.54, 1.807) is 6.92 Å². The van der Waals surface area contributed by atoms with Crippen LogP contribution in [0.4, 0.5) is 0 Å². The van der Waals surface area contributed by atoms with E-state index in [0.29, 0.717) is 11.8 Å². The van der Waals surface area contributed by atoms with Gasteiger partial charge in [-0.3, -0.25) is 4.79 Å². The first-order valence-electron chi connectivity index (χ1n) is 4.60. The second-order valence-corrected chi connectivity index (χ2v) is 3.74. The van der Waals surface area contributed by atoms with Gasteiger partial charge in [-0.25, -0.2) is 0 Å². The fraction of sp³-hybridized carbons (Fsp3) is 0.889. The fourth-order valence-electron chi connectivity index (χ4n) is 1.88. The smallest absolute Gasteiger partial charge is 0.219 e. The molecule has 3 nitrogen and oxygen atoms in total. The third-order valence-electron chi connectivity index (χ3n) is 2.75. The van der Waals surface area contributed by atoms with Gasteiger partial charge in [-0.15, -0.1) is 0 Å². The van der Waals surface area contributed by atoms with Crippen LogP contribution in [0.3, 0.4) is 0 Å². The van der Waals surface area contributed by atoms with Crippen molar-refractivity contribution in [2.45, 2.75) is 20.3 Å². The number of carbonyl (C=O) groups is 1. The van der Waals surface area contributed by atoms with E-state index in [4.69, 9.17) is 5.73 Å². The molecular formula is C9H18N2O. The molecule has 1 amide bonds. The quantitative estimate of drug-likeness (QED) is 0.654. The van der Waals surface area contributed by atoms with Crippen molar-refractivity contribution in [3.63, 3.8) is 0 Å². The number of rotatable bonds is 2. The van der Waals surface area contributed by atoms with Crippen LogP contribution in [0.25, 0.3) is 0 Å². The molecule has 2 N–H and O–H groups in total. The average Bonchev–Trinajstić information content (AvgIpc) is 2.34. The highest BCUT2D eigenvalue weighted by Gasteiger charge is 2.29. The van der Waals surface area contributed by atoms with E-state index in [0.717, 1.165) is 26.1 Å². The van der Waals surface area contributed by atoms with Crippen LogP contribution < -0.4 is 5.73 Å². The maximum atomic E-state index is 11.0. The van der Waals surface area contributed by atoms with E-state index in [-0.39, 0.29) is 5.91 Å². The van der Waals surface area contributed by atoms with Crippen LogP contribution in [0.1, 0.15) is 20.3 Å². The van der Waals surface area contributed by atoms with Crippen LogP contribution in [0.5, 0.6) is 0 Å². The molecule has 0 radical (unpaired) electrons. The van der Waals surface area contributed by atoms with Gasteiger partial charge >= 0.3 is 0 Å². The van der Waals surface area contributed by atoms with Crippen LogP contribution >= 0.6 is 0 Å². The molecule has 1 aliphatic rings. The summed E-state index contributed by atoms with van der Waals surface area (Å²) < 4.78 is 0. The third kappa shape index (κ3) is 1.97. The number of likely N-dealkylation sites (tertiary alicyclic amines) is 1. The van der Waals surface area contributed by atoms with Crippen molar-refractivity contribution >= 4 is 5.91 Å². The van der Waals surface area contributed by atoms with E-state index in [2.05, 4.69) is 6.92 Å². The molecule has 3 heteroatoms. The summed E-state index contributed by atoms with van der Waals surface area (Å²) >= 11 is 0. The van der Waals surface area contributed by atoms with Gasteiger partial charge in [0.1, 0.15) is 0 Å². The Bertz CT molecular complexity index is 170. The van der Waals surface area contributed by atoms with Crippen molar-refractivity contribution in [3.05, 3.63) is 0 Å². The Morgan fingerprint density at radius 2 is 2.25 bits per heavy atom. The summed E-state index contributed by atoms with van der Waals surface area (Å²) in [4.78, 5) is 13.0. The Balaban J connectivity index is 2.44. The standard InChI is InChI=1S/C9H18N2O/c1-7-5-11(8(2)12)6-9(7)3-4-10/h7,9H,3-6,10H2,1-2H3/t7-,9-/m1/s1. The van der Waals surface area contributed by atoms with Crippen LogP contribution in [0.15, 0.2) is 0 Å². The molecule has 0 aromatic rings. The van der Waals surface area contributed by atoms with Crippen LogP contribution in [-0.4, -0.2) is 30.4 Å². The minimum Gasteiger partial charge on any atom is -0.342 e. The zero-order valence-electron chi connectivity index (χ0n) is 7.92. The molecule has 12 heavy (non-hydrogen) atoms. The Hall–Kier alpha value is -0.570. The van der Waals surface area contributed by atoms with Crippen LogP contribution in [0, 0.1) is 11.8 Å². The second kappa shape index (κ2) is 3.90. The molecule has 0 spiro atoms. The molecule has 1 saturated heterocycles. The lowest BCUT2D eigenvalue weighted by Crippen LogP contribution is -2.26. The van der Waals surface area contributed by atoms with E-state index < -0.39 is 0 Å². The molecule has 0 aromatic heterocycles. The van der Waals surface area contributed by atoms with Gasteiger partial charge in [-0.05, 0) is 24.8 Å². The highest BCUT2D eigenvalue weighted by molar-refractivity contribution is 5.73. The molecule has 1 aliphatic heterocycles. The molecule has 0 saturated carbocycles. The van der Waals surface area contributed by atoms with Gasteiger partial charge in [0.2, 0.25) is 5.91 Å². The number of amides is 1. The summed E-state index contributed by atoms with van der Waals surface area (Å²) in [6, 6.07) is 0. The fourth-order valence-corrected chi connectivity index (χ4v) is 1.88. The summed E-state index contributed by atoms with van der Waals surface area (Å²) in [6.07, 6.45) is 1.05. The molecule has 1 rings (SSSR count). The van der Waals surface area contributed by atoms with Crippen molar-refractivity contribution in [3.8, 4) is 0 Å². The summed E-state index contributed by atoms with van der Waals surface area (Å²) in [6.45, 7) is 6.40. The van der Waals surface area contributed by atoms with Gasteiger partial charge in [0, 0.05) is 20.0 Å². The van der Waals surface area contributed by atoms with Crippen molar-refractivity contribution < 1.29 is 4.79 Å². The lowest BCUT2D eigenvalue weighted by atomic mass is 9.95. The van der Waals surface area contributed by atoms with Crippen molar-refractivity contribution in [1.29, 1.82) is 0 Å². The first-order chi connectivity index (χ1) is 5.65. The van der Waals surface area contributed by atoms with Crippen LogP contribution in [-0.2, 0) is 4.79 Å². The molecule has 0 aliphatic carbocycles.